The first kappa shape index (κ1) is 19.2. The van der Waals surface area contributed by atoms with Crippen molar-refractivity contribution < 1.29 is 14.3 Å². The van der Waals surface area contributed by atoms with Gasteiger partial charge in [-0.15, -0.1) is 0 Å². The van der Waals surface area contributed by atoms with Gasteiger partial charge >= 0.3 is 5.97 Å². The second kappa shape index (κ2) is 7.87. The number of rotatable bonds is 5. The molecule has 25 heavy (non-hydrogen) atoms. The van der Waals surface area contributed by atoms with Crippen LogP contribution in [0.5, 0.6) is 5.75 Å². The number of benzene rings is 1. The molecule has 1 fully saturated rings. The minimum absolute atomic E-state index is 0.284. The molecule has 0 bridgehead atoms. The van der Waals surface area contributed by atoms with Crippen LogP contribution in [0.4, 0.5) is 0 Å². The highest BCUT2D eigenvalue weighted by Crippen LogP contribution is 2.37. The second-order valence-electron chi connectivity index (χ2n) is 6.44. The summed E-state index contributed by atoms with van der Waals surface area (Å²) in [5, 5.41) is 6.62. The third-order valence-electron chi connectivity index (χ3n) is 4.39. The molecule has 2 N–H and O–H groups in total. The second-order valence-corrected chi connectivity index (χ2v) is 6.84. The molecule has 0 amide bonds. The normalized spacial score (nSPS) is 20.1. The Morgan fingerprint density at radius 2 is 2.08 bits per heavy atom. The minimum Gasteiger partial charge on any atom is -0.496 e. The Kier molecular flexibility index (Phi) is 6.06. The molecule has 1 aromatic rings. The summed E-state index contributed by atoms with van der Waals surface area (Å²) in [5.41, 5.74) is 3.65. The standard InChI is InChI=1S/C19H26N2O3S/c1-7-24-18(22)16-12(5)20-19(25)21-17(16)14-9-13(10(2)3)15(23-6)8-11(14)4/h8-10,16-17H,5,7H2,1-4,6H3,(H2,20,21,25). The molecule has 1 heterocycles. The lowest BCUT2D eigenvalue weighted by Crippen LogP contribution is -2.51. The fourth-order valence-electron chi connectivity index (χ4n) is 3.13. The van der Waals surface area contributed by atoms with Crippen molar-refractivity contribution in [2.45, 2.75) is 39.7 Å². The molecular weight excluding hydrogens is 336 g/mol. The molecule has 2 rings (SSSR count). The van der Waals surface area contributed by atoms with Crippen LogP contribution >= 0.6 is 12.2 Å². The molecular formula is C19H26N2O3S. The van der Waals surface area contributed by atoms with Gasteiger partial charge in [0.05, 0.1) is 19.8 Å². The zero-order chi connectivity index (χ0) is 18.7. The van der Waals surface area contributed by atoms with Crippen LogP contribution in [0.1, 0.15) is 49.4 Å². The van der Waals surface area contributed by atoms with Crippen LogP contribution in [-0.4, -0.2) is 24.8 Å². The SMILES string of the molecule is C=C1NC(=S)NC(c2cc(C(C)C)c(OC)cc2C)C1C(=O)OCC. The van der Waals surface area contributed by atoms with Gasteiger partial charge in [0.2, 0.25) is 0 Å². The highest BCUT2D eigenvalue weighted by Gasteiger charge is 2.38. The summed E-state index contributed by atoms with van der Waals surface area (Å²) in [6, 6.07) is 3.76. The average molecular weight is 362 g/mol. The van der Waals surface area contributed by atoms with E-state index in [1.165, 1.54) is 0 Å². The highest BCUT2D eigenvalue weighted by atomic mass is 32.1. The molecule has 1 saturated heterocycles. The van der Waals surface area contributed by atoms with Crippen LogP contribution in [0.3, 0.4) is 0 Å². The van der Waals surface area contributed by atoms with E-state index >= 15 is 0 Å². The van der Waals surface area contributed by atoms with E-state index in [0.29, 0.717) is 17.4 Å². The first-order valence-electron chi connectivity index (χ1n) is 8.41. The van der Waals surface area contributed by atoms with Gasteiger partial charge in [-0.05, 0) is 60.8 Å². The number of ether oxygens (including phenoxy) is 2. The summed E-state index contributed by atoms with van der Waals surface area (Å²) in [4.78, 5) is 12.5. The van der Waals surface area contributed by atoms with Crippen molar-refractivity contribution in [1.82, 2.24) is 10.6 Å². The lowest BCUT2D eigenvalue weighted by molar-refractivity contribution is -0.147. The van der Waals surface area contributed by atoms with Gasteiger partial charge in [-0.3, -0.25) is 4.79 Å². The van der Waals surface area contributed by atoms with Crippen LogP contribution in [0.2, 0.25) is 0 Å². The van der Waals surface area contributed by atoms with Crippen LogP contribution in [0.25, 0.3) is 0 Å². The number of thiocarbonyl (C=S) groups is 1. The third-order valence-corrected chi connectivity index (χ3v) is 4.61. The van der Waals surface area contributed by atoms with Crippen LogP contribution in [0.15, 0.2) is 24.4 Å². The zero-order valence-electron chi connectivity index (χ0n) is 15.4. The number of esters is 1. The van der Waals surface area contributed by atoms with Crippen molar-refractivity contribution in [2.75, 3.05) is 13.7 Å². The van der Waals surface area contributed by atoms with Crippen LogP contribution in [0, 0.1) is 12.8 Å². The Morgan fingerprint density at radius 1 is 1.40 bits per heavy atom. The molecule has 0 aliphatic carbocycles. The number of aryl methyl sites for hydroxylation is 1. The molecule has 0 radical (unpaired) electrons. The van der Waals surface area contributed by atoms with E-state index in [1.54, 1.807) is 14.0 Å². The molecule has 1 aromatic carbocycles. The van der Waals surface area contributed by atoms with E-state index < -0.39 is 5.92 Å². The molecule has 0 spiro atoms. The van der Waals surface area contributed by atoms with Crippen molar-refractivity contribution in [2.24, 2.45) is 5.92 Å². The number of hydrogen-bond acceptors (Lipinski definition) is 4. The van der Waals surface area contributed by atoms with E-state index in [-0.39, 0.29) is 17.9 Å². The van der Waals surface area contributed by atoms with Crippen LogP contribution in [-0.2, 0) is 9.53 Å². The summed E-state index contributed by atoms with van der Waals surface area (Å²) >= 11 is 5.28. The lowest BCUT2D eigenvalue weighted by atomic mass is 9.84. The molecule has 6 heteroatoms. The smallest absolute Gasteiger partial charge is 0.317 e. The summed E-state index contributed by atoms with van der Waals surface area (Å²) in [6.07, 6.45) is 0. The van der Waals surface area contributed by atoms with Gasteiger partial charge in [0.15, 0.2) is 5.11 Å². The number of carbonyl (C=O) groups is 1. The topological polar surface area (TPSA) is 59.6 Å². The number of nitrogens with one attached hydrogen (secondary N) is 2. The predicted octanol–water partition coefficient (Wildman–Crippen LogP) is 3.34. The van der Waals surface area contributed by atoms with Gasteiger partial charge in [0.25, 0.3) is 0 Å². The van der Waals surface area contributed by atoms with E-state index in [9.17, 15) is 4.79 Å². The van der Waals surface area contributed by atoms with Gasteiger partial charge in [0, 0.05) is 5.70 Å². The van der Waals surface area contributed by atoms with E-state index in [1.807, 2.05) is 13.0 Å². The molecule has 5 nitrogen and oxygen atoms in total. The molecule has 2 atom stereocenters. The Balaban J connectivity index is 2.55. The van der Waals surface area contributed by atoms with Gasteiger partial charge in [0.1, 0.15) is 11.7 Å². The maximum atomic E-state index is 12.5. The molecule has 2 unspecified atom stereocenters. The maximum Gasteiger partial charge on any atom is 0.317 e. The highest BCUT2D eigenvalue weighted by molar-refractivity contribution is 7.80. The summed E-state index contributed by atoms with van der Waals surface area (Å²) in [6.45, 7) is 12.3. The average Bonchev–Trinajstić information content (AvgIpc) is 2.53. The Morgan fingerprint density at radius 3 is 2.64 bits per heavy atom. The number of methoxy groups -OCH3 is 1. The van der Waals surface area contributed by atoms with Gasteiger partial charge in [-0.25, -0.2) is 0 Å². The molecule has 1 aliphatic rings. The van der Waals surface area contributed by atoms with Gasteiger partial charge in [-0.2, -0.15) is 0 Å². The van der Waals surface area contributed by atoms with Crippen molar-refractivity contribution in [3.05, 3.63) is 41.1 Å². The molecule has 136 valence electrons. The van der Waals surface area contributed by atoms with Gasteiger partial charge in [-0.1, -0.05) is 20.4 Å². The molecule has 0 saturated carbocycles. The van der Waals surface area contributed by atoms with E-state index in [4.69, 9.17) is 21.7 Å². The summed E-state index contributed by atoms with van der Waals surface area (Å²) < 4.78 is 10.8. The Bertz CT molecular complexity index is 700. The Hall–Kier alpha value is -2.08. The predicted molar refractivity (Wildman–Crippen MR) is 103 cm³/mol. The van der Waals surface area contributed by atoms with E-state index in [0.717, 1.165) is 22.4 Å². The fourth-order valence-corrected chi connectivity index (χ4v) is 3.39. The largest absolute Gasteiger partial charge is 0.496 e. The minimum atomic E-state index is -0.557. The van der Waals surface area contributed by atoms with Crippen LogP contribution < -0.4 is 15.4 Å². The molecule has 1 aliphatic heterocycles. The summed E-state index contributed by atoms with van der Waals surface area (Å²) in [5.74, 6) is 0.256. The first-order valence-corrected chi connectivity index (χ1v) is 8.82. The van der Waals surface area contributed by atoms with Crippen molar-refractivity contribution in [1.29, 1.82) is 0 Å². The maximum absolute atomic E-state index is 12.5. The first-order chi connectivity index (χ1) is 11.8. The third kappa shape index (κ3) is 3.95. The number of hydrogen-bond donors (Lipinski definition) is 2. The number of carbonyl (C=O) groups excluding carboxylic acids is 1. The molecule has 0 aromatic heterocycles. The Labute approximate surface area is 154 Å². The summed E-state index contributed by atoms with van der Waals surface area (Å²) in [7, 11) is 1.67. The fraction of sp³-hybridized carbons (Fsp3) is 0.474. The van der Waals surface area contributed by atoms with Crippen molar-refractivity contribution >= 4 is 23.3 Å². The van der Waals surface area contributed by atoms with E-state index in [2.05, 4.69) is 37.1 Å². The van der Waals surface area contributed by atoms with Crippen molar-refractivity contribution in [3.8, 4) is 5.75 Å². The monoisotopic (exact) mass is 362 g/mol. The van der Waals surface area contributed by atoms with Gasteiger partial charge < -0.3 is 20.1 Å². The zero-order valence-corrected chi connectivity index (χ0v) is 16.3. The van der Waals surface area contributed by atoms with Crippen molar-refractivity contribution in [3.63, 3.8) is 0 Å². The quantitative estimate of drug-likeness (QED) is 0.619. The lowest BCUT2D eigenvalue weighted by Gasteiger charge is -2.36.